The van der Waals surface area contributed by atoms with E-state index >= 15 is 0 Å². The van der Waals surface area contributed by atoms with Gasteiger partial charge in [-0.1, -0.05) is 20.4 Å². The van der Waals surface area contributed by atoms with Crippen LogP contribution in [-0.4, -0.2) is 34.6 Å². The number of esters is 1. The smallest absolute Gasteiger partial charge is 0.330 e. The molecule has 0 aromatic rings. The molecule has 0 saturated carbocycles. The molecule has 0 amide bonds. The largest absolute Gasteiger partial charge is 0.457 e. The Balaban J connectivity index is 3.04. The summed E-state index contributed by atoms with van der Waals surface area (Å²) in [6.07, 6.45) is 2.19. The lowest BCUT2D eigenvalue weighted by Gasteiger charge is -2.57. The zero-order valence-corrected chi connectivity index (χ0v) is 12.6. The third kappa shape index (κ3) is 2.61. The molecule has 0 spiro atoms. The van der Waals surface area contributed by atoms with Gasteiger partial charge >= 0.3 is 5.97 Å². The van der Waals surface area contributed by atoms with Gasteiger partial charge in [0.2, 0.25) is 0 Å². The highest BCUT2D eigenvalue weighted by Gasteiger charge is 2.51. The Kier molecular flexibility index (Phi) is 4.26. The molecule has 2 atom stereocenters. The molecular formula is C15H27NO2. The van der Waals surface area contributed by atoms with E-state index in [4.69, 9.17) is 4.74 Å². The van der Waals surface area contributed by atoms with E-state index in [9.17, 15) is 4.79 Å². The molecule has 1 aliphatic heterocycles. The second kappa shape index (κ2) is 5.04. The van der Waals surface area contributed by atoms with Gasteiger partial charge in [-0.05, 0) is 46.6 Å². The quantitative estimate of drug-likeness (QED) is 0.572. The maximum atomic E-state index is 11.5. The molecule has 1 rings (SSSR count). The van der Waals surface area contributed by atoms with Crippen molar-refractivity contribution >= 4 is 5.97 Å². The number of likely N-dealkylation sites (N-methyl/N-ethyl adjacent to an activating group) is 1. The van der Waals surface area contributed by atoms with Gasteiger partial charge < -0.3 is 4.74 Å². The Morgan fingerprint density at radius 3 is 2.44 bits per heavy atom. The molecule has 0 aromatic carbocycles. The van der Waals surface area contributed by atoms with Crippen LogP contribution in [0.1, 0.15) is 48.0 Å². The second-order valence-corrected chi connectivity index (χ2v) is 6.45. The van der Waals surface area contributed by atoms with Gasteiger partial charge in [-0.15, -0.1) is 0 Å². The maximum absolute atomic E-state index is 11.5. The van der Waals surface area contributed by atoms with Crippen molar-refractivity contribution in [3.8, 4) is 0 Å². The normalized spacial score (nSPS) is 30.8. The van der Waals surface area contributed by atoms with Crippen LogP contribution in [0.15, 0.2) is 12.7 Å². The van der Waals surface area contributed by atoms with Crippen molar-refractivity contribution in [1.82, 2.24) is 4.90 Å². The maximum Gasteiger partial charge on any atom is 0.330 e. The van der Waals surface area contributed by atoms with Crippen molar-refractivity contribution in [3.05, 3.63) is 12.7 Å². The van der Waals surface area contributed by atoms with Gasteiger partial charge in [0, 0.05) is 11.6 Å². The van der Waals surface area contributed by atoms with E-state index in [2.05, 4.69) is 53.0 Å². The lowest BCUT2D eigenvalue weighted by molar-refractivity contribution is -0.174. The van der Waals surface area contributed by atoms with Crippen molar-refractivity contribution in [2.75, 3.05) is 6.54 Å². The molecule has 1 saturated heterocycles. The molecule has 104 valence electrons. The summed E-state index contributed by atoms with van der Waals surface area (Å²) in [5.74, 6) is 0.0254. The van der Waals surface area contributed by atoms with Crippen LogP contribution in [0.25, 0.3) is 0 Å². The summed E-state index contributed by atoms with van der Waals surface area (Å²) < 4.78 is 5.59. The number of likely N-dealkylation sites (tertiary alicyclic amines) is 1. The van der Waals surface area contributed by atoms with E-state index in [1.165, 1.54) is 6.08 Å². The van der Waals surface area contributed by atoms with Crippen LogP contribution in [-0.2, 0) is 9.53 Å². The van der Waals surface area contributed by atoms with Crippen LogP contribution in [0.5, 0.6) is 0 Å². The number of hydrogen-bond donors (Lipinski definition) is 0. The Hall–Kier alpha value is -0.830. The van der Waals surface area contributed by atoms with Gasteiger partial charge in [-0.25, -0.2) is 4.79 Å². The summed E-state index contributed by atoms with van der Waals surface area (Å²) in [4.78, 5) is 13.9. The van der Waals surface area contributed by atoms with Gasteiger partial charge in [-0.2, -0.15) is 0 Å². The average Bonchev–Trinajstić information content (AvgIpc) is 2.22. The third-order valence-corrected chi connectivity index (χ3v) is 4.19. The van der Waals surface area contributed by atoms with Crippen molar-refractivity contribution in [1.29, 1.82) is 0 Å². The minimum absolute atomic E-state index is 0.0871. The van der Waals surface area contributed by atoms with E-state index in [1.54, 1.807) is 0 Å². The fourth-order valence-electron chi connectivity index (χ4n) is 3.90. The van der Waals surface area contributed by atoms with Crippen molar-refractivity contribution < 1.29 is 9.53 Å². The van der Waals surface area contributed by atoms with Crippen LogP contribution < -0.4 is 0 Å². The summed E-state index contributed by atoms with van der Waals surface area (Å²) in [6.45, 7) is 17.6. The zero-order chi connectivity index (χ0) is 14.1. The zero-order valence-electron chi connectivity index (χ0n) is 12.6. The number of carbonyl (C=O) groups is 1. The number of hydrogen-bond acceptors (Lipinski definition) is 3. The van der Waals surface area contributed by atoms with Gasteiger partial charge in [0.25, 0.3) is 0 Å². The van der Waals surface area contributed by atoms with Crippen molar-refractivity contribution in [2.24, 2.45) is 5.92 Å². The first-order valence-corrected chi connectivity index (χ1v) is 6.77. The van der Waals surface area contributed by atoms with Crippen LogP contribution in [0, 0.1) is 5.92 Å². The summed E-state index contributed by atoms with van der Waals surface area (Å²) in [6, 6.07) is 0. The van der Waals surface area contributed by atoms with Gasteiger partial charge in [0.1, 0.15) is 6.10 Å². The molecule has 0 N–H and O–H groups in total. The molecule has 0 radical (unpaired) electrons. The Bertz CT molecular complexity index is 333. The minimum Gasteiger partial charge on any atom is -0.457 e. The van der Waals surface area contributed by atoms with Crippen LogP contribution in [0.3, 0.4) is 0 Å². The van der Waals surface area contributed by atoms with E-state index in [0.29, 0.717) is 5.92 Å². The predicted molar refractivity (Wildman–Crippen MR) is 74.4 cm³/mol. The first-order chi connectivity index (χ1) is 8.16. The molecule has 18 heavy (non-hydrogen) atoms. The number of piperidine rings is 1. The summed E-state index contributed by atoms with van der Waals surface area (Å²) in [7, 11) is 0. The molecule has 3 heteroatoms. The minimum atomic E-state index is -0.323. The topological polar surface area (TPSA) is 29.5 Å². The third-order valence-electron chi connectivity index (χ3n) is 4.19. The van der Waals surface area contributed by atoms with Crippen molar-refractivity contribution in [3.63, 3.8) is 0 Å². The average molecular weight is 253 g/mol. The number of nitrogens with zero attached hydrogens (tertiary/aromatic N) is 1. The summed E-state index contributed by atoms with van der Waals surface area (Å²) in [5.41, 5.74) is -0.0245. The Morgan fingerprint density at radius 2 is 2.00 bits per heavy atom. The standard InChI is InChI=1S/C15H27NO2/c1-8-12(17)18-13-11(3)10-14(4,5)16(9-2)15(13,6)7/h8,11,13H,1,9-10H2,2-7H3. The summed E-state index contributed by atoms with van der Waals surface area (Å²) >= 11 is 0. The predicted octanol–water partition coefficient (Wildman–Crippen LogP) is 3.00. The molecule has 1 fully saturated rings. The monoisotopic (exact) mass is 253 g/mol. The second-order valence-electron chi connectivity index (χ2n) is 6.45. The highest BCUT2D eigenvalue weighted by molar-refractivity contribution is 5.81. The van der Waals surface area contributed by atoms with Gasteiger partial charge in [0.05, 0.1) is 5.54 Å². The van der Waals surface area contributed by atoms with Crippen LogP contribution in [0.4, 0.5) is 0 Å². The van der Waals surface area contributed by atoms with E-state index in [-0.39, 0.29) is 23.2 Å². The highest BCUT2D eigenvalue weighted by Crippen LogP contribution is 2.42. The van der Waals surface area contributed by atoms with Crippen LogP contribution >= 0.6 is 0 Å². The van der Waals surface area contributed by atoms with Crippen LogP contribution in [0.2, 0.25) is 0 Å². The van der Waals surface area contributed by atoms with Gasteiger partial charge in [0.15, 0.2) is 0 Å². The first kappa shape index (κ1) is 15.2. The van der Waals surface area contributed by atoms with E-state index < -0.39 is 0 Å². The number of rotatable bonds is 3. The molecular weight excluding hydrogens is 226 g/mol. The molecule has 3 nitrogen and oxygen atoms in total. The lowest BCUT2D eigenvalue weighted by atomic mass is 9.72. The molecule has 0 aliphatic carbocycles. The molecule has 0 aromatic heterocycles. The first-order valence-electron chi connectivity index (χ1n) is 6.77. The lowest BCUT2D eigenvalue weighted by Crippen LogP contribution is -2.67. The van der Waals surface area contributed by atoms with E-state index in [0.717, 1.165) is 13.0 Å². The summed E-state index contributed by atoms with van der Waals surface area (Å²) in [5, 5.41) is 0. The Labute approximate surface area is 111 Å². The fourth-order valence-corrected chi connectivity index (χ4v) is 3.90. The molecule has 0 bridgehead atoms. The van der Waals surface area contributed by atoms with Gasteiger partial charge in [-0.3, -0.25) is 4.90 Å². The number of ether oxygens (including phenoxy) is 1. The number of carbonyl (C=O) groups excluding carboxylic acids is 1. The SMILES string of the molecule is C=CC(=O)OC1C(C)CC(C)(C)N(CC)C1(C)C. The molecule has 1 heterocycles. The van der Waals surface area contributed by atoms with E-state index in [1.807, 2.05) is 0 Å². The molecule has 2 unspecified atom stereocenters. The fraction of sp³-hybridized carbons (Fsp3) is 0.800. The van der Waals surface area contributed by atoms with Crippen molar-refractivity contribution in [2.45, 2.75) is 65.1 Å². The Morgan fingerprint density at radius 1 is 1.44 bits per heavy atom. The highest BCUT2D eigenvalue weighted by atomic mass is 16.5. The molecule has 1 aliphatic rings.